The van der Waals surface area contributed by atoms with Crippen LogP contribution in [0, 0.1) is 17.6 Å². The van der Waals surface area contributed by atoms with Crippen LogP contribution in [0.1, 0.15) is 39.6 Å². The minimum atomic E-state index is -3.86. The van der Waals surface area contributed by atoms with Crippen molar-refractivity contribution in [2.45, 2.75) is 44.8 Å². The first-order valence-corrected chi connectivity index (χ1v) is 6.93. The first-order valence-electron chi connectivity index (χ1n) is 6.93. The van der Waals surface area contributed by atoms with E-state index in [-0.39, 0.29) is 1.43 Å². The molecule has 0 atom stereocenters. The number of hydrogen-bond donors (Lipinski definition) is 0. The molecular weight excluding hydrogens is 288 g/mol. The van der Waals surface area contributed by atoms with E-state index in [9.17, 15) is 17.6 Å². The maximum absolute atomic E-state index is 14.0. The molecule has 0 spiro atoms. The van der Waals surface area contributed by atoms with E-state index < -0.39 is 35.2 Å². The van der Waals surface area contributed by atoms with Gasteiger partial charge in [0, 0.05) is 1.43 Å². The highest BCUT2D eigenvalue weighted by atomic mass is 19.3. The third-order valence-corrected chi connectivity index (χ3v) is 3.86. The average Bonchev–Trinajstić information content (AvgIpc) is 2.44. The van der Waals surface area contributed by atoms with E-state index in [1.807, 2.05) is 6.92 Å². The lowest BCUT2D eigenvalue weighted by atomic mass is 9.89. The molecule has 1 aromatic rings. The summed E-state index contributed by atoms with van der Waals surface area (Å²) in [5, 5.41) is 0. The Balaban J connectivity index is 0.00000242. The van der Waals surface area contributed by atoms with Gasteiger partial charge in [0.1, 0.15) is 0 Å². The molecule has 1 saturated carbocycles. The summed E-state index contributed by atoms with van der Waals surface area (Å²) in [7, 11) is 1.13. The summed E-state index contributed by atoms with van der Waals surface area (Å²) in [5.74, 6) is -3.01. The van der Waals surface area contributed by atoms with Gasteiger partial charge in [0.25, 0.3) is 0 Å². The molecule has 120 valence electrons. The molecule has 1 fully saturated rings. The number of rotatable bonds is 4. The Labute approximate surface area is 122 Å². The number of ether oxygens (including phenoxy) is 2. The van der Waals surface area contributed by atoms with Crippen molar-refractivity contribution >= 4 is 0 Å². The summed E-state index contributed by atoms with van der Waals surface area (Å²) in [4.78, 5) is 0. The highest BCUT2D eigenvalue weighted by molar-refractivity contribution is 5.32. The van der Waals surface area contributed by atoms with Gasteiger partial charge < -0.3 is 9.47 Å². The smallest absolute Gasteiger partial charge is 0.386 e. The highest BCUT2D eigenvalue weighted by Crippen LogP contribution is 2.38. The number of halogens is 4. The molecule has 2 rings (SSSR count). The van der Waals surface area contributed by atoms with Crippen molar-refractivity contribution in [1.82, 2.24) is 0 Å². The number of hydrogen-bond acceptors (Lipinski definition) is 2. The van der Waals surface area contributed by atoms with Crippen LogP contribution >= 0.6 is 0 Å². The molecule has 1 aliphatic rings. The van der Waals surface area contributed by atoms with Gasteiger partial charge in [-0.15, -0.1) is 0 Å². The normalized spacial score (nSPS) is 23.1. The Bertz CT molecular complexity index is 503. The Morgan fingerprint density at radius 3 is 2.29 bits per heavy atom. The zero-order valence-corrected chi connectivity index (χ0v) is 12.0. The summed E-state index contributed by atoms with van der Waals surface area (Å²) < 4.78 is 64.7. The van der Waals surface area contributed by atoms with Gasteiger partial charge >= 0.3 is 6.11 Å². The molecule has 0 aromatic heterocycles. The second-order valence-corrected chi connectivity index (χ2v) is 5.46. The Morgan fingerprint density at radius 2 is 1.71 bits per heavy atom. The molecule has 1 aliphatic carbocycles. The van der Waals surface area contributed by atoms with E-state index in [1.54, 1.807) is 0 Å². The van der Waals surface area contributed by atoms with Crippen LogP contribution in [0.25, 0.3) is 0 Å². The van der Waals surface area contributed by atoms with Gasteiger partial charge in [-0.2, -0.15) is 13.2 Å². The lowest BCUT2D eigenvalue weighted by Crippen LogP contribution is -2.30. The van der Waals surface area contributed by atoms with Crippen LogP contribution in [0.15, 0.2) is 12.1 Å². The largest absolute Gasteiger partial charge is 0.494 e. The fourth-order valence-electron chi connectivity index (χ4n) is 2.53. The summed E-state index contributed by atoms with van der Waals surface area (Å²) in [5.41, 5.74) is -1.10. The topological polar surface area (TPSA) is 18.5 Å². The van der Waals surface area contributed by atoms with Crippen LogP contribution in [-0.2, 0) is 10.8 Å². The van der Waals surface area contributed by atoms with Crippen molar-refractivity contribution in [2.75, 3.05) is 7.11 Å². The zero-order chi connectivity index (χ0) is 15.6. The van der Waals surface area contributed by atoms with E-state index in [4.69, 9.17) is 4.74 Å². The number of benzene rings is 1. The number of methoxy groups -OCH3 is 1. The molecule has 0 amide bonds. The highest BCUT2D eigenvalue weighted by Gasteiger charge is 2.40. The van der Waals surface area contributed by atoms with Crippen LogP contribution < -0.4 is 4.74 Å². The number of alkyl halides is 2. The van der Waals surface area contributed by atoms with E-state index in [0.717, 1.165) is 32.1 Å². The Morgan fingerprint density at radius 1 is 1.10 bits per heavy atom. The zero-order valence-electron chi connectivity index (χ0n) is 12.0. The van der Waals surface area contributed by atoms with Crippen molar-refractivity contribution in [3.63, 3.8) is 0 Å². The summed E-state index contributed by atoms with van der Waals surface area (Å²) in [6.45, 7) is 2.05. The quantitative estimate of drug-likeness (QED) is 0.739. The fraction of sp³-hybridized carbons (Fsp3) is 0.600. The van der Waals surface area contributed by atoms with Crippen molar-refractivity contribution in [3.05, 3.63) is 29.3 Å². The molecule has 0 saturated heterocycles. The first-order chi connectivity index (χ1) is 9.85. The Hall–Kier alpha value is -1.30. The van der Waals surface area contributed by atoms with Gasteiger partial charge in [0.15, 0.2) is 11.6 Å². The maximum atomic E-state index is 14.0. The lowest BCUT2D eigenvalue weighted by Gasteiger charge is -2.30. The van der Waals surface area contributed by atoms with Crippen LogP contribution in [0.2, 0.25) is 0 Å². The van der Waals surface area contributed by atoms with Crippen molar-refractivity contribution < 1.29 is 28.5 Å². The first kappa shape index (κ1) is 16.1. The van der Waals surface area contributed by atoms with Gasteiger partial charge in [0.05, 0.1) is 18.8 Å². The van der Waals surface area contributed by atoms with Crippen molar-refractivity contribution in [3.8, 4) is 5.75 Å². The van der Waals surface area contributed by atoms with Crippen LogP contribution in [0.3, 0.4) is 0 Å². The molecule has 0 bridgehead atoms. The molecule has 2 nitrogen and oxygen atoms in total. The van der Waals surface area contributed by atoms with Crippen LogP contribution in [0.5, 0.6) is 5.75 Å². The molecular formula is C15H20F4O2. The predicted molar refractivity (Wildman–Crippen MR) is 71.4 cm³/mol. The summed E-state index contributed by atoms with van der Waals surface area (Å²) >= 11 is 0. The third-order valence-electron chi connectivity index (χ3n) is 3.86. The Kier molecular flexibility index (Phi) is 4.76. The molecule has 0 N–H and O–H groups in total. The van der Waals surface area contributed by atoms with E-state index in [0.29, 0.717) is 18.8 Å². The van der Waals surface area contributed by atoms with Crippen molar-refractivity contribution in [1.29, 1.82) is 0 Å². The second-order valence-electron chi connectivity index (χ2n) is 5.46. The minimum absolute atomic E-state index is 0. The molecule has 0 heterocycles. The van der Waals surface area contributed by atoms with Gasteiger partial charge in [-0.05, 0) is 43.7 Å². The molecule has 6 heteroatoms. The van der Waals surface area contributed by atoms with E-state index in [2.05, 4.69) is 4.74 Å². The van der Waals surface area contributed by atoms with Gasteiger partial charge in [-0.25, -0.2) is 4.39 Å². The average molecular weight is 308 g/mol. The standard InChI is InChI=1S/C15H18F4O2.H2/c1-9-3-5-10(6-4-9)21-15(18,19)11-7-8-12(20-2)14(17)13(11)16;/h7-10H,3-6H2,1-2H3;1H. The lowest BCUT2D eigenvalue weighted by molar-refractivity contribution is -0.279. The molecule has 0 unspecified atom stereocenters. The van der Waals surface area contributed by atoms with E-state index >= 15 is 0 Å². The molecule has 0 aliphatic heterocycles. The second kappa shape index (κ2) is 6.22. The maximum Gasteiger partial charge on any atom is 0.386 e. The van der Waals surface area contributed by atoms with Crippen molar-refractivity contribution in [2.24, 2.45) is 5.92 Å². The van der Waals surface area contributed by atoms with Crippen LogP contribution in [0.4, 0.5) is 17.6 Å². The molecule has 0 radical (unpaired) electrons. The van der Waals surface area contributed by atoms with Crippen LogP contribution in [-0.4, -0.2) is 13.2 Å². The van der Waals surface area contributed by atoms with Gasteiger partial charge in [0.2, 0.25) is 5.82 Å². The minimum Gasteiger partial charge on any atom is -0.494 e. The van der Waals surface area contributed by atoms with E-state index in [1.165, 1.54) is 0 Å². The summed E-state index contributed by atoms with van der Waals surface area (Å²) in [6, 6.07) is 1.76. The monoisotopic (exact) mass is 308 g/mol. The summed E-state index contributed by atoms with van der Waals surface area (Å²) in [6.07, 6.45) is -1.92. The predicted octanol–water partition coefficient (Wildman–Crippen LogP) is 4.86. The van der Waals surface area contributed by atoms with Gasteiger partial charge in [-0.1, -0.05) is 6.92 Å². The molecule has 1 aromatic carbocycles. The molecule has 21 heavy (non-hydrogen) atoms. The SMILES string of the molecule is COc1ccc(C(F)(F)OC2CCC(C)CC2)c(F)c1F.[HH]. The van der Waals surface area contributed by atoms with Gasteiger partial charge in [-0.3, -0.25) is 0 Å². The fourth-order valence-corrected chi connectivity index (χ4v) is 2.53. The third kappa shape index (κ3) is 3.48.